The van der Waals surface area contributed by atoms with Crippen molar-refractivity contribution in [3.05, 3.63) is 24.3 Å². The summed E-state index contributed by atoms with van der Waals surface area (Å²) in [5.41, 5.74) is 0.646. The molecule has 0 aliphatic carbocycles. The van der Waals surface area contributed by atoms with E-state index in [9.17, 15) is 9.59 Å². The first-order chi connectivity index (χ1) is 12.0. The van der Waals surface area contributed by atoms with E-state index >= 15 is 0 Å². The van der Waals surface area contributed by atoms with Crippen LogP contribution in [-0.4, -0.2) is 74.0 Å². The van der Waals surface area contributed by atoms with Crippen molar-refractivity contribution < 1.29 is 14.3 Å². The fraction of sp³-hybridized carbons (Fsp3) is 0.471. The molecule has 0 spiro atoms. The van der Waals surface area contributed by atoms with Gasteiger partial charge in [0.05, 0.1) is 13.5 Å². The van der Waals surface area contributed by atoms with E-state index in [-0.39, 0.29) is 18.2 Å². The minimum absolute atomic E-state index is 0.0548. The molecule has 0 saturated carbocycles. The molecule has 8 heteroatoms. The highest BCUT2D eigenvalue weighted by Gasteiger charge is 2.30. The number of rotatable bonds is 3. The molecule has 0 radical (unpaired) electrons. The number of aliphatic imine (C=N–C) groups is 1. The fourth-order valence-corrected chi connectivity index (χ4v) is 2.81. The largest absolute Gasteiger partial charge is 0.497 e. The Bertz CT molecular complexity index is 665. The van der Waals surface area contributed by atoms with Crippen LogP contribution in [0.3, 0.4) is 0 Å². The molecule has 134 valence electrons. The quantitative estimate of drug-likeness (QED) is 0.813. The topological polar surface area (TPSA) is 86.3 Å². The first kappa shape index (κ1) is 17.2. The van der Waals surface area contributed by atoms with E-state index in [1.54, 1.807) is 31.4 Å². The van der Waals surface area contributed by atoms with Crippen molar-refractivity contribution in [3.8, 4) is 5.75 Å². The van der Waals surface area contributed by atoms with Crippen molar-refractivity contribution in [2.75, 3.05) is 45.7 Å². The molecular weight excluding hydrogens is 322 g/mol. The minimum atomic E-state index is -0.717. The van der Waals surface area contributed by atoms with Gasteiger partial charge in [-0.2, -0.15) is 0 Å². The number of amides is 2. The van der Waals surface area contributed by atoms with Crippen LogP contribution in [0.1, 0.15) is 6.42 Å². The standard InChI is InChI=1S/C17H23N5O3/c1-21-7-9-22(10-8-21)17-19-14(11-15(23)20-17)16(24)18-12-3-5-13(25-2)6-4-12/h3-6,14H,7-11H2,1-2H3,(H,18,24)(H,19,20,23). The molecule has 1 saturated heterocycles. The van der Waals surface area contributed by atoms with Gasteiger partial charge < -0.3 is 19.9 Å². The van der Waals surface area contributed by atoms with Gasteiger partial charge in [0.2, 0.25) is 17.8 Å². The Balaban J connectivity index is 1.67. The summed E-state index contributed by atoms with van der Waals surface area (Å²) in [6.45, 7) is 3.36. The summed E-state index contributed by atoms with van der Waals surface area (Å²) in [5.74, 6) is 0.745. The highest BCUT2D eigenvalue weighted by atomic mass is 16.5. The predicted molar refractivity (Wildman–Crippen MR) is 94.7 cm³/mol. The zero-order valence-corrected chi connectivity index (χ0v) is 14.5. The van der Waals surface area contributed by atoms with Gasteiger partial charge in [-0.05, 0) is 31.3 Å². The molecule has 2 aliphatic rings. The van der Waals surface area contributed by atoms with Crippen molar-refractivity contribution in [3.63, 3.8) is 0 Å². The molecule has 3 rings (SSSR count). The number of carbonyl (C=O) groups is 2. The van der Waals surface area contributed by atoms with Crippen molar-refractivity contribution >= 4 is 23.5 Å². The number of carbonyl (C=O) groups excluding carboxylic acids is 2. The third-order valence-electron chi connectivity index (χ3n) is 4.37. The van der Waals surface area contributed by atoms with Crippen LogP contribution >= 0.6 is 0 Å². The Morgan fingerprint density at radius 1 is 1.24 bits per heavy atom. The molecule has 1 aromatic rings. The summed E-state index contributed by atoms with van der Waals surface area (Å²) in [6, 6.07) is 6.32. The molecule has 0 bridgehead atoms. The van der Waals surface area contributed by atoms with Crippen molar-refractivity contribution in [1.82, 2.24) is 15.1 Å². The van der Waals surface area contributed by atoms with Gasteiger partial charge >= 0.3 is 0 Å². The highest BCUT2D eigenvalue weighted by Crippen LogP contribution is 2.17. The van der Waals surface area contributed by atoms with Gasteiger partial charge in [0.15, 0.2) is 0 Å². The number of nitrogens with zero attached hydrogens (tertiary/aromatic N) is 3. The summed E-state index contributed by atoms with van der Waals surface area (Å²) >= 11 is 0. The third-order valence-corrected chi connectivity index (χ3v) is 4.37. The summed E-state index contributed by atoms with van der Waals surface area (Å²) in [4.78, 5) is 33.2. The number of ether oxygens (including phenoxy) is 1. The summed E-state index contributed by atoms with van der Waals surface area (Å²) in [6.07, 6.45) is 0.0548. The van der Waals surface area contributed by atoms with Crippen molar-refractivity contribution in [1.29, 1.82) is 0 Å². The van der Waals surface area contributed by atoms with E-state index < -0.39 is 6.04 Å². The van der Waals surface area contributed by atoms with Crippen LogP contribution in [0.15, 0.2) is 29.3 Å². The first-order valence-electron chi connectivity index (χ1n) is 8.31. The molecule has 2 heterocycles. The van der Waals surface area contributed by atoms with Crippen molar-refractivity contribution in [2.24, 2.45) is 4.99 Å². The lowest BCUT2D eigenvalue weighted by Gasteiger charge is -2.36. The summed E-state index contributed by atoms with van der Waals surface area (Å²) in [7, 11) is 3.65. The third kappa shape index (κ3) is 4.27. The van der Waals surface area contributed by atoms with E-state index in [1.165, 1.54) is 0 Å². The predicted octanol–water partition coefficient (Wildman–Crippen LogP) is 0.126. The number of anilines is 1. The van der Waals surface area contributed by atoms with Crippen LogP contribution in [0.2, 0.25) is 0 Å². The second-order valence-electron chi connectivity index (χ2n) is 6.23. The Kier molecular flexibility index (Phi) is 5.18. The van der Waals surface area contributed by atoms with E-state index in [0.29, 0.717) is 17.4 Å². The Morgan fingerprint density at radius 2 is 1.92 bits per heavy atom. The van der Waals surface area contributed by atoms with Gasteiger partial charge in [0.1, 0.15) is 11.8 Å². The SMILES string of the molecule is COc1ccc(NC(=O)C2CC(=O)NC(N3CCN(C)CC3)=N2)cc1. The maximum Gasteiger partial charge on any atom is 0.249 e. The van der Waals surface area contributed by atoms with Crippen LogP contribution < -0.4 is 15.4 Å². The Morgan fingerprint density at radius 3 is 2.56 bits per heavy atom. The van der Waals surface area contributed by atoms with Gasteiger partial charge in [-0.25, -0.2) is 4.99 Å². The molecule has 8 nitrogen and oxygen atoms in total. The lowest BCUT2D eigenvalue weighted by Crippen LogP contribution is -2.55. The zero-order chi connectivity index (χ0) is 17.8. The monoisotopic (exact) mass is 345 g/mol. The lowest BCUT2D eigenvalue weighted by molar-refractivity contribution is -0.125. The van der Waals surface area contributed by atoms with Crippen LogP contribution in [-0.2, 0) is 9.59 Å². The zero-order valence-electron chi connectivity index (χ0n) is 14.5. The van der Waals surface area contributed by atoms with Crippen LogP contribution in [0, 0.1) is 0 Å². The lowest BCUT2D eigenvalue weighted by atomic mass is 10.1. The minimum Gasteiger partial charge on any atom is -0.497 e. The molecule has 25 heavy (non-hydrogen) atoms. The highest BCUT2D eigenvalue weighted by molar-refractivity contribution is 6.05. The van der Waals surface area contributed by atoms with E-state index in [4.69, 9.17) is 4.74 Å². The maximum absolute atomic E-state index is 12.5. The summed E-state index contributed by atoms with van der Waals surface area (Å²) in [5, 5.41) is 5.59. The number of likely N-dealkylation sites (N-methyl/N-ethyl adjacent to an activating group) is 1. The maximum atomic E-state index is 12.5. The van der Waals surface area contributed by atoms with E-state index in [2.05, 4.69) is 27.6 Å². The Hall–Kier alpha value is -2.61. The number of benzene rings is 1. The number of hydrogen-bond acceptors (Lipinski definition) is 6. The van der Waals surface area contributed by atoms with Gasteiger partial charge in [-0.1, -0.05) is 0 Å². The Labute approximate surface area is 146 Å². The van der Waals surface area contributed by atoms with Gasteiger partial charge in [-0.3, -0.25) is 14.9 Å². The fourth-order valence-electron chi connectivity index (χ4n) is 2.81. The number of hydrogen-bond donors (Lipinski definition) is 2. The average molecular weight is 345 g/mol. The molecule has 1 atom stereocenters. The molecule has 0 aromatic heterocycles. The number of piperazine rings is 1. The number of guanidine groups is 1. The van der Waals surface area contributed by atoms with Crippen LogP contribution in [0.4, 0.5) is 5.69 Å². The normalized spacial score (nSPS) is 21.4. The van der Waals surface area contributed by atoms with Crippen molar-refractivity contribution in [2.45, 2.75) is 12.5 Å². The summed E-state index contributed by atoms with van der Waals surface area (Å²) < 4.78 is 5.10. The van der Waals surface area contributed by atoms with Crippen LogP contribution in [0.25, 0.3) is 0 Å². The molecule has 1 aromatic carbocycles. The van der Waals surface area contributed by atoms with Gasteiger partial charge in [0, 0.05) is 31.9 Å². The molecular formula is C17H23N5O3. The molecule has 1 fully saturated rings. The average Bonchev–Trinajstić information content (AvgIpc) is 2.62. The van der Waals surface area contributed by atoms with E-state index in [1.807, 2.05) is 4.90 Å². The van der Waals surface area contributed by atoms with Gasteiger partial charge in [-0.15, -0.1) is 0 Å². The number of nitrogens with one attached hydrogen (secondary N) is 2. The molecule has 1 unspecified atom stereocenters. The van der Waals surface area contributed by atoms with E-state index in [0.717, 1.165) is 26.2 Å². The first-order valence-corrected chi connectivity index (χ1v) is 8.31. The number of methoxy groups -OCH3 is 1. The second kappa shape index (κ2) is 7.52. The molecule has 2 amide bonds. The second-order valence-corrected chi connectivity index (χ2v) is 6.23. The van der Waals surface area contributed by atoms with Gasteiger partial charge in [0.25, 0.3) is 0 Å². The molecule has 2 N–H and O–H groups in total. The smallest absolute Gasteiger partial charge is 0.249 e. The molecule has 2 aliphatic heterocycles. The van der Waals surface area contributed by atoms with Crippen LogP contribution in [0.5, 0.6) is 5.75 Å².